The number of amides is 1. The van der Waals surface area contributed by atoms with E-state index >= 15 is 0 Å². The molecule has 0 aliphatic carbocycles. The van der Waals surface area contributed by atoms with Crippen LogP contribution in [0.5, 0.6) is 17.2 Å². The molecule has 0 saturated carbocycles. The van der Waals surface area contributed by atoms with Gasteiger partial charge in [0, 0.05) is 16.1 Å². The quantitative estimate of drug-likeness (QED) is 0.394. The molecule has 0 radical (unpaired) electrons. The van der Waals surface area contributed by atoms with Crippen molar-refractivity contribution in [3.05, 3.63) is 48.8 Å². The molecular weight excluding hydrogens is 524 g/mol. The maximum Gasteiger partial charge on any atom is 0.277 e. The SMILES string of the molecule is Cc1cc(O)cc(O)c1/C=N/NC(=O)COc1c(Br)cc(Br)cc1Br. The summed E-state index contributed by atoms with van der Waals surface area (Å²) in [7, 11) is 0. The lowest BCUT2D eigenvalue weighted by atomic mass is 10.1. The lowest BCUT2D eigenvalue weighted by Gasteiger charge is -2.10. The Kier molecular flexibility index (Phi) is 6.86. The summed E-state index contributed by atoms with van der Waals surface area (Å²) in [6, 6.07) is 6.27. The van der Waals surface area contributed by atoms with Gasteiger partial charge in [0.15, 0.2) is 6.61 Å². The monoisotopic (exact) mass is 534 g/mol. The van der Waals surface area contributed by atoms with Crippen molar-refractivity contribution in [2.24, 2.45) is 5.10 Å². The Morgan fingerprint density at radius 2 is 1.84 bits per heavy atom. The first-order chi connectivity index (χ1) is 11.8. The molecule has 3 N–H and O–H groups in total. The van der Waals surface area contributed by atoms with Crippen molar-refractivity contribution in [2.45, 2.75) is 6.92 Å². The molecule has 0 aromatic heterocycles. The van der Waals surface area contributed by atoms with Gasteiger partial charge in [0.2, 0.25) is 0 Å². The molecule has 0 aliphatic rings. The number of rotatable bonds is 5. The normalized spacial score (nSPS) is 10.9. The molecule has 2 aromatic rings. The fourth-order valence-corrected chi connectivity index (χ4v) is 4.42. The molecule has 0 unspecified atom stereocenters. The maximum atomic E-state index is 11.8. The van der Waals surface area contributed by atoms with Gasteiger partial charge in [-0.2, -0.15) is 5.10 Å². The Morgan fingerprint density at radius 1 is 1.20 bits per heavy atom. The third-order valence-corrected chi connectivity index (χ3v) is 4.68. The average Bonchev–Trinajstić information content (AvgIpc) is 2.48. The molecule has 0 fully saturated rings. The zero-order valence-electron chi connectivity index (χ0n) is 12.9. The van der Waals surface area contributed by atoms with Gasteiger partial charge in [-0.25, -0.2) is 5.43 Å². The Morgan fingerprint density at radius 3 is 2.44 bits per heavy atom. The van der Waals surface area contributed by atoms with Gasteiger partial charge in [-0.05, 0) is 62.5 Å². The number of ether oxygens (including phenoxy) is 1. The van der Waals surface area contributed by atoms with Gasteiger partial charge in [-0.1, -0.05) is 15.9 Å². The maximum absolute atomic E-state index is 11.8. The summed E-state index contributed by atoms with van der Waals surface area (Å²) in [5.74, 6) is -0.145. The molecule has 9 heteroatoms. The van der Waals surface area contributed by atoms with Crippen LogP contribution in [0.25, 0.3) is 0 Å². The minimum absolute atomic E-state index is 0.0461. The van der Waals surface area contributed by atoms with E-state index in [1.807, 2.05) is 0 Å². The summed E-state index contributed by atoms with van der Waals surface area (Å²) in [4.78, 5) is 11.8. The zero-order chi connectivity index (χ0) is 18.6. The predicted molar refractivity (Wildman–Crippen MR) is 105 cm³/mol. The molecule has 132 valence electrons. The number of hydrazone groups is 1. The number of aryl methyl sites for hydroxylation is 1. The van der Waals surface area contributed by atoms with Crippen molar-refractivity contribution in [2.75, 3.05) is 6.61 Å². The van der Waals surface area contributed by atoms with Gasteiger partial charge in [-0.3, -0.25) is 4.79 Å². The van der Waals surface area contributed by atoms with E-state index in [0.29, 0.717) is 25.8 Å². The van der Waals surface area contributed by atoms with Crippen molar-refractivity contribution in [1.82, 2.24) is 5.43 Å². The minimum atomic E-state index is -0.464. The number of carbonyl (C=O) groups is 1. The summed E-state index contributed by atoms with van der Waals surface area (Å²) >= 11 is 10.1. The molecule has 0 aliphatic heterocycles. The van der Waals surface area contributed by atoms with Crippen LogP contribution in [0, 0.1) is 6.92 Å². The van der Waals surface area contributed by atoms with Crippen LogP contribution in [0.1, 0.15) is 11.1 Å². The highest BCUT2D eigenvalue weighted by molar-refractivity contribution is 9.11. The number of nitrogens with zero attached hydrogens (tertiary/aromatic N) is 1. The fourth-order valence-electron chi connectivity index (χ4n) is 1.93. The fraction of sp³-hybridized carbons (Fsp3) is 0.125. The Balaban J connectivity index is 1.96. The number of phenolic OH excluding ortho intramolecular Hbond substituents is 2. The summed E-state index contributed by atoms with van der Waals surface area (Å²) in [5, 5.41) is 22.9. The Labute approximate surface area is 169 Å². The van der Waals surface area contributed by atoms with Crippen LogP contribution in [0.3, 0.4) is 0 Å². The molecule has 0 bridgehead atoms. The van der Waals surface area contributed by atoms with E-state index < -0.39 is 5.91 Å². The first-order valence-electron chi connectivity index (χ1n) is 6.89. The summed E-state index contributed by atoms with van der Waals surface area (Å²) < 4.78 is 7.70. The second-order valence-electron chi connectivity index (χ2n) is 4.98. The average molecular weight is 537 g/mol. The second-order valence-corrected chi connectivity index (χ2v) is 7.60. The van der Waals surface area contributed by atoms with Gasteiger partial charge in [0.05, 0.1) is 15.2 Å². The van der Waals surface area contributed by atoms with Gasteiger partial charge in [-0.15, -0.1) is 0 Å². The Hall–Kier alpha value is -1.58. The molecule has 0 atom stereocenters. The van der Waals surface area contributed by atoms with Crippen molar-refractivity contribution >= 4 is 59.9 Å². The van der Waals surface area contributed by atoms with E-state index in [9.17, 15) is 15.0 Å². The van der Waals surface area contributed by atoms with Gasteiger partial charge < -0.3 is 14.9 Å². The van der Waals surface area contributed by atoms with E-state index in [1.165, 1.54) is 18.3 Å². The lowest BCUT2D eigenvalue weighted by molar-refractivity contribution is -0.123. The standard InChI is InChI=1S/C16H13Br3N2O4/c1-8-2-10(22)5-14(23)11(8)6-20-21-15(24)7-25-16-12(18)3-9(17)4-13(16)19/h2-6,22-23H,7H2,1H3,(H,21,24)/b20-6+. The second kappa shape index (κ2) is 8.68. The highest BCUT2D eigenvalue weighted by atomic mass is 79.9. The van der Waals surface area contributed by atoms with Crippen molar-refractivity contribution in [3.8, 4) is 17.2 Å². The van der Waals surface area contributed by atoms with Gasteiger partial charge in [0.25, 0.3) is 5.91 Å². The van der Waals surface area contributed by atoms with Gasteiger partial charge >= 0.3 is 0 Å². The van der Waals surface area contributed by atoms with Crippen LogP contribution in [0.4, 0.5) is 0 Å². The number of aromatic hydroxyl groups is 2. The van der Waals surface area contributed by atoms with Crippen molar-refractivity contribution in [3.63, 3.8) is 0 Å². The summed E-state index contributed by atoms with van der Waals surface area (Å²) in [6.45, 7) is 1.46. The number of carbonyl (C=O) groups excluding carboxylic acids is 1. The molecule has 0 saturated heterocycles. The summed E-state index contributed by atoms with van der Waals surface area (Å²) in [5.41, 5.74) is 3.33. The minimum Gasteiger partial charge on any atom is -0.508 e. The highest BCUT2D eigenvalue weighted by Gasteiger charge is 2.10. The molecule has 6 nitrogen and oxygen atoms in total. The zero-order valence-corrected chi connectivity index (χ0v) is 17.6. The number of nitrogens with one attached hydrogen (secondary N) is 1. The van der Waals surface area contributed by atoms with E-state index in [-0.39, 0.29) is 18.1 Å². The lowest BCUT2D eigenvalue weighted by Crippen LogP contribution is -2.24. The number of benzene rings is 2. The van der Waals surface area contributed by atoms with Crippen molar-refractivity contribution < 1.29 is 19.7 Å². The predicted octanol–water partition coefficient (Wildman–Crippen LogP) is 4.22. The van der Waals surface area contributed by atoms with Crippen LogP contribution in [0.2, 0.25) is 0 Å². The number of hydrogen-bond acceptors (Lipinski definition) is 5. The first kappa shape index (κ1) is 19.7. The molecule has 2 aromatic carbocycles. The molecule has 0 heterocycles. The molecule has 0 spiro atoms. The third kappa shape index (κ3) is 5.45. The first-order valence-corrected chi connectivity index (χ1v) is 9.27. The highest BCUT2D eigenvalue weighted by Crippen LogP contribution is 2.36. The van der Waals surface area contributed by atoms with Crippen LogP contribution < -0.4 is 10.2 Å². The van der Waals surface area contributed by atoms with E-state index in [2.05, 4.69) is 58.3 Å². The molecule has 25 heavy (non-hydrogen) atoms. The molecule has 1 amide bonds. The topological polar surface area (TPSA) is 91.1 Å². The molecular formula is C16H13Br3N2O4. The van der Waals surface area contributed by atoms with Crippen LogP contribution in [0.15, 0.2) is 42.8 Å². The summed E-state index contributed by atoms with van der Waals surface area (Å²) in [6.07, 6.45) is 1.30. The van der Waals surface area contributed by atoms with E-state index in [4.69, 9.17) is 4.74 Å². The number of phenols is 2. The van der Waals surface area contributed by atoms with Crippen molar-refractivity contribution in [1.29, 1.82) is 0 Å². The third-order valence-electron chi connectivity index (χ3n) is 3.04. The van der Waals surface area contributed by atoms with Crippen LogP contribution in [-0.2, 0) is 4.79 Å². The molecule has 2 rings (SSSR count). The Bertz CT molecular complexity index is 794. The van der Waals surface area contributed by atoms with Crippen LogP contribution in [-0.4, -0.2) is 28.9 Å². The number of halogens is 3. The van der Waals surface area contributed by atoms with Crippen LogP contribution >= 0.6 is 47.8 Å². The van der Waals surface area contributed by atoms with Gasteiger partial charge in [0.1, 0.15) is 17.2 Å². The largest absolute Gasteiger partial charge is 0.508 e. The van der Waals surface area contributed by atoms with E-state index in [0.717, 1.165) is 4.47 Å². The number of hydrogen-bond donors (Lipinski definition) is 3. The van der Waals surface area contributed by atoms with E-state index in [1.54, 1.807) is 19.1 Å². The smallest absolute Gasteiger partial charge is 0.277 e.